The maximum absolute atomic E-state index is 13.5. The molecule has 4 heterocycles. The van der Waals surface area contributed by atoms with Gasteiger partial charge in [0.25, 0.3) is 15.6 Å². The van der Waals surface area contributed by atoms with Gasteiger partial charge in [-0.2, -0.15) is 8.42 Å². The highest BCUT2D eigenvalue weighted by atomic mass is 32.2. The lowest BCUT2D eigenvalue weighted by Crippen LogP contribution is -2.38. The highest BCUT2D eigenvalue weighted by Crippen LogP contribution is 2.31. The van der Waals surface area contributed by atoms with Gasteiger partial charge in [0.05, 0.1) is 24.3 Å². The average molecular weight is 470 g/mol. The summed E-state index contributed by atoms with van der Waals surface area (Å²) in [6.07, 6.45) is 2.23. The molecule has 0 saturated carbocycles. The lowest BCUT2D eigenvalue weighted by Gasteiger charge is -2.26. The topological polar surface area (TPSA) is 126 Å². The van der Waals surface area contributed by atoms with Gasteiger partial charge in [0, 0.05) is 32.4 Å². The van der Waals surface area contributed by atoms with E-state index in [-0.39, 0.29) is 22.0 Å². The first kappa shape index (κ1) is 21.6. The summed E-state index contributed by atoms with van der Waals surface area (Å²) in [6, 6.07) is 9.59. The molecule has 0 amide bonds. The van der Waals surface area contributed by atoms with Crippen LogP contribution >= 0.6 is 0 Å². The average Bonchev–Trinajstić information content (AvgIpc) is 2.82. The summed E-state index contributed by atoms with van der Waals surface area (Å²) < 4.78 is 36.1. The molecule has 11 heteroatoms. The minimum absolute atomic E-state index is 0.0153. The number of benzene rings is 1. The molecule has 172 valence electrons. The van der Waals surface area contributed by atoms with Crippen LogP contribution < -0.4 is 10.9 Å². The second-order valence-electron chi connectivity index (χ2n) is 7.90. The number of hydrogen-bond donors (Lipinski definition) is 2. The highest BCUT2D eigenvalue weighted by molar-refractivity contribution is 7.90. The zero-order chi connectivity index (χ0) is 23.0. The number of sulfonamides is 1. The monoisotopic (exact) mass is 469 g/mol. The standard InChI is InChI=1S/C22H23N5O5S/c28-19-15-5-3-8-23-21(15)27(10-4-9-26-11-13-32-14-12-26)22(29)18(19)20-24-16-6-1-2-7-17(16)33(30,31)25-20/h1-3,5-8,28H,4,9-14H2,(H,24,25). The maximum Gasteiger partial charge on any atom is 0.286 e. The molecular weight excluding hydrogens is 446 g/mol. The van der Waals surface area contributed by atoms with Crippen molar-refractivity contribution in [1.29, 1.82) is 0 Å². The van der Waals surface area contributed by atoms with Gasteiger partial charge in [-0.3, -0.25) is 14.3 Å². The number of fused-ring (bicyclic) bond motifs is 2. The minimum atomic E-state index is -4.04. The quantitative estimate of drug-likeness (QED) is 0.574. The van der Waals surface area contributed by atoms with Gasteiger partial charge in [-0.25, -0.2) is 4.98 Å². The number of anilines is 1. The number of aromatic hydroxyl groups is 1. The summed E-state index contributed by atoms with van der Waals surface area (Å²) in [5.74, 6) is -0.558. The van der Waals surface area contributed by atoms with Crippen molar-refractivity contribution >= 4 is 32.6 Å². The Morgan fingerprint density at radius 2 is 1.88 bits per heavy atom. The number of nitrogens with zero attached hydrogens (tertiary/aromatic N) is 4. The second kappa shape index (κ2) is 8.58. The summed E-state index contributed by atoms with van der Waals surface area (Å²) in [7, 11) is -4.04. The smallest absolute Gasteiger partial charge is 0.286 e. The molecule has 0 aliphatic carbocycles. The van der Waals surface area contributed by atoms with Crippen LogP contribution in [0.4, 0.5) is 5.69 Å². The Morgan fingerprint density at radius 3 is 2.70 bits per heavy atom. The van der Waals surface area contributed by atoms with E-state index < -0.39 is 15.6 Å². The van der Waals surface area contributed by atoms with E-state index in [0.717, 1.165) is 19.6 Å². The molecule has 2 N–H and O–H groups in total. The molecule has 1 aromatic carbocycles. The Balaban J connectivity index is 1.57. The second-order valence-corrected chi connectivity index (χ2v) is 9.47. The molecule has 2 aliphatic heterocycles. The number of aryl methyl sites for hydroxylation is 1. The molecule has 2 aliphatic rings. The van der Waals surface area contributed by atoms with Crippen LogP contribution in [0.5, 0.6) is 5.75 Å². The van der Waals surface area contributed by atoms with Crippen LogP contribution in [0.2, 0.25) is 0 Å². The van der Waals surface area contributed by atoms with Gasteiger partial charge < -0.3 is 15.2 Å². The van der Waals surface area contributed by atoms with Crippen LogP contribution in [0.15, 0.2) is 56.7 Å². The first-order chi connectivity index (χ1) is 16.0. The van der Waals surface area contributed by atoms with Crippen molar-refractivity contribution in [2.75, 3.05) is 38.2 Å². The van der Waals surface area contributed by atoms with Crippen LogP contribution in [-0.4, -0.2) is 66.7 Å². The number of hydrogen-bond acceptors (Lipinski definition) is 8. The van der Waals surface area contributed by atoms with Crippen molar-refractivity contribution in [2.24, 2.45) is 4.40 Å². The third kappa shape index (κ3) is 3.99. The Hall–Kier alpha value is -3.28. The third-order valence-electron chi connectivity index (χ3n) is 5.82. The van der Waals surface area contributed by atoms with E-state index in [1.807, 2.05) is 0 Å². The number of ether oxygens (including phenoxy) is 1. The molecule has 5 rings (SSSR count). The van der Waals surface area contributed by atoms with Crippen LogP contribution in [0.25, 0.3) is 11.0 Å². The largest absolute Gasteiger partial charge is 0.506 e. The zero-order valence-corrected chi connectivity index (χ0v) is 18.6. The van der Waals surface area contributed by atoms with Crippen molar-refractivity contribution in [3.63, 3.8) is 0 Å². The fraction of sp³-hybridized carbons (Fsp3) is 0.318. The fourth-order valence-electron chi connectivity index (χ4n) is 4.18. The van der Waals surface area contributed by atoms with E-state index >= 15 is 0 Å². The Bertz CT molecular complexity index is 1410. The van der Waals surface area contributed by atoms with Gasteiger partial charge >= 0.3 is 0 Å². The lowest BCUT2D eigenvalue weighted by molar-refractivity contribution is 0.0369. The number of morpholine rings is 1. The molecule has 0 unspecified atom stereocenters. The van der Waals surface area contributed by atoms with E-state index in [9.17, 15) is 18.3 Å². The highest BCUT2D eigenvalue weighted by Gasteiger charge is 2.29. The molecule has 0 atom stereocenters. The Morgan fingerprint density at radius 1 is 1.09 bits per heavy atom. The van der Waals surface area contributed by atoms with Crippen LogP contribution in [-0.2, 0) is 21.3 Å². The summed E-state index contributed by atoms with van der Waals surface area (Å²) in [6.45, 7) is 4.19. The lowest BCUT2D eigenvalue weighted by atomic mass is 10.1. The summed E-state index contributed by atoms with van der Waals surface area (Å²) in [5.41, 5.74) is -0.113. The van der Waals surface area contributed by atoms with Crippen molar-refractivity contribution < 1.29 is 18.3 Å². The van der Waals surface area contributed by atoms with Gasteiger partial charge in [0.1, 0.15) is 21.9 Å². The van der Waals surface area contributed by atoms with Crippen LogP contribution in [0, 0.1) is 0 Å². The van der Waals surface area contributed by atoms with Crippen LogP contribution in [0.3, 0.4) is 0 Å². The minimum Gasteiger partial charge on any atom is -0.506 e. The van der Waals surface area contributed by atoms with Gasteiger partial charge in [-0.1, -0.05) is 12.1 Å². The van der Waals surface area contributed by atoms with Crippen molar-refractivity contribution in [3.05, 3.63) is 58.5 Å². The fourth-order valence-corrected chi connectivity index (χ4v) is 5.31. The van der Waals surface area contributed by atoms with Crippen molar-refractivity contribution in [3.8, 4) is 5.75 Å². The Labute approximate surface area is 190 Å². The molecular formula is C22H23N5O5S. The normalized spacial score (nSPS) is 17.9. The molecule has 0 bridgehead atoms. The summed E-state index contributed by atoms with van der Waals surface area (Å²) >= 11 is 0. The van der Waals surface area contributed by atoms with Gasteiger partial charge in [-0.15, -0.1) is 4.40 Å². The van der Waals surface area contributed by atoms with E-state index in [1.165, 1.54) is 10.6 Å². The summed E-state index contributed by atoms with van der Waals surface area (Å²) in [4.78, 5) is 20.1. The maximum atomic E-state index is 13.5. The van der Waals surface area contributed by atoms with E-state index in [0.29, 0.717) is 42.9 Å². The molecule has 33 heavy (non-hydrogen) atoms. The van der Waals surface area contributed by atoms with Crippen molar-refractivity contribution in [2.45, 2.75) is 17.9 Å². The molecule has 10 nitrogen and oxygen atoms in total. The first-order valence-electron chi connectivity index (χ1n) is 10.7. The van der Waals surface area contributed by atoms with E-state index in [1.54, 1.807) is 36.5 Å². The molecule has 1 fully saturated rings. The SMILES string of the molecule is O=c1c(C2=NS(=O)(=O)c3ccccc3N2)c(O)c2cccnc2n1CCCN1CCOCC1. The number of aromatic nitrogens is 2. The number of nitrogens with one attached hydrogen (secondary N) is 1. The Kier molecular flexibility index (Phi) is 5.60. The zero-order valence-electron chi connectivity index (χ0n) is 17.8. The van der Waals surface area contributed by atoms with Gasteiger partial charge in [-0.05, 0) is 30.7 Å². The number of pyridine rings is 2. The third-order valence-corrected chi connectivity index (χ3v) is 7.15. The molecule has 0 spiro atoms. The predicted molar refractivity (Wildman–Crippen MR) is 123 cm³/mol. The molecule has 0 radical (unpaired) electrons. The van der Waals surface area contributed by atoms with Crippen LogP contribution in [0.1, 0.15) is 12.0 Å². The first-order valence-corrected chi connectivity index (χ1v) is 12.1. The predicted octanol–water partition coefficient (Wildman–Crippen LogP) is 1.39. The molecule has 3 aromatic rings. The summed E-state index contributed by atoms with van der Waals surface area (Å²) in [5, 5.41) is 14.2. The molecule has 1 saturated heterocycles. The van der Waals surface area contributed by atoms with Gasteiger partial charge in [0.2, 0.25) is 0 Å². The number of amidine groups is 1. The number of rotatable bonds is 5. The van der Waals surface area contributed by atoms with E-state index in [2.05, 4.69) is 19.6 Å². The van der Waals surface area contributed by atoms with E-state index in [4.69, 9.17) is 4.74 Å². The van der Waals surface area contributed by atoms with Gasteiger partial charge in [0.15, 0.2) is 5.84 Å². The molecule has 2 aromatic heterocycles. The van der Waals surface area contributed by atoms with Crippen molar-refractivity contribution in [1.82, 2.24) is 14.5 Å². The number of para-hydroxylation sites is 1.